The van der Waals surface area contributed by atoms with Crippen LogP contribution in [0.3, 0.4) is 0 Å². The van der Waals surface area contributed by atoms with Gasteiger partial charge >= 0.3 is 0 Å². The number of pyridine rings is 1. The summed E-state index contributed by atoms with van der Waals surface area (Å²) in [6.45, 7) is 1.93. The molecule has 2 heterocycles. The maximum Gasteiger partial charge on any atom is 0.215 e. The van der Waals surface area contributed by atoms with E-state index in [1.807, 2.05) is 25.1 Å². The van der Waals surface area contributed by atoms with E-state index in [9.17, 15) is 8.42 Å². The molecule has 0 spiro atoms. The predicted octanol–water partition coefficient (Wildman–Crippen LogP) is 3.44. The van der Waals surface area contributed by atoms with Crippen molar-refractivity contribution in [1.82, 2.24) is 4.98 Å². The number of thiophene rings is 1. The fourth-order valence-electron chi connectivity index (χ4n) is 1.83. The average Bonchev–Trinajstić information content (AvgIpc) is 2.83. The zero-order valence-corrected chi connectivity index (χ0v) is 11.8. The van der Waals surface area contributed by atoms with Crippen LogP contribution < -0.4 is 0 Å². The maximum absolute atomic E-state index is 12.5. The Morgan fingerprint density at radius 3 is 2.53 bits per heavy atom. The summed E-state index contributed by atoms with van der Waals surface area (Å²) in [6.07, 6.45) is 3.35. The van der Waals surface area contributed by atoms with Crippen LogP contribution in [0.5, 0.6) is 0 Å². The lowest BCUT2D eigenvalue weighted by Gasteiger charge is -2.01. The molecule has 0 bridgehead atoms. The van der Waals surface area contributed by atoms with Gasteiger partial charge in [-0.2, -0.15) is 0 Å². The number of hydrogen-bond donors (Lipinski definition) is 0. The number of sulfone groups is 1. The number of nitrogens with zero attached hydrogens (tertiary/aromatic N) is 1. The van der Waals surface area contributed by atoms with Crippen molar-refractivity contribution in [3.8, 4) is 0 Å². The molecule has 0 aliphatic rings. The van der Waals surface area contributed by atoms with E-state index in [2.05, 4.69) is 4.98 Å². The highest BCUT2D eigenvalue weighted by Crippen LogP contribution is 2.32. The minimum Gasteiger partial charge on any atom is -0.263 e. The fraction of sp³-hybridized carbons (Fsp3) is 0.0714. The molecule has 0 aliphatic carbocycles. The number of hydrogen-bond acceptors (Lipinski definition) is 4. The first kappa shape index (κ1) is 12.3. The summed E-state index contributed by atoms with van der Waals surface area (Å²) in [5.74, 6) is 0. The Morgan fingerprint density at radius 1 is 1.11 bits per heavy atom. The molecule has 3 aromatic rings. The average molecular weight is 289 g/mol. The Kier molecular flexibility index (Phi) is 2.88. The molecule has 3 nitrogen and oxygen atoms in total. The van der Waals surface area contributed by atoms with Gasteiger partial charge in [0.25, 0.3) is 0 Å². The molecule has 1 aromatic carbocycles. The summed E-state index contributed by atoms with van der Waals surface area (Å²) in [5, 5.41) is 0.908. The van der Waals surface area contributed by atoms with Crippen molar-refractivity contribution in [3.63, 3.8) is 0 Å². The summed E-state index contributed by atoms with van der Waals surface area (Å²) in [7, 11) is -3.43. The normalized spacial score (nSPS) is 11.8. The van der Waals surface area contributed by atoms with E-state index in [-0.39, 0.29) is 0 Å². The highest BCUT2D eigenvalue weighted by Gasteiger charge is 2.20. The van der Waals surface area contributed by atoms with Crippen LogP contribution in [0.2, 0.25) is 0 Å². The topological polar surface area (TPSA) is 47.0 Å². The first-order valence-corrected chi connectivity index (χ1v) is 8.03. The molecular formula is C14H11NO2S2. The first-order valence-electron chi connectivity index (χ1n) is 5.73. The van der Waals surface area contributed by atoms with Crippen molar-refractivity contribution in [2.45, 2.75) is 16.0 Å². The molecule has 0 amide bonds. The van der Waals surface area contributed by atoms with E-state index < -0.39 is 9.84 Å². The van der Waals surface area contributed by atoms with Gasteiger partial charge in [0.15, 0.2) is 0 Å². The van der Waals surface area contributed by atoms with Gasteiger partial charge in [-0.05, 0) is 36.6 Å². The Morgan fingerprint density at radius 2 is 1.84 bits per heavy atom. The van der Waals surface area contributed by atoms with Crippen LogP contribution in [0.4, 0.5) is 0 Å². The Bertz CT molecular complexity index is 800. The van der Waals surface area contributed by atoms with Crippen molar-refractivity contribution >= 4 is 31.3 Å². The second-order valence-corrected chi connectivity index (χ2v) is 7.56. The standard InChI is InChI=1S/C14H11NO2S2/c1-10-2-4-12(5-3-10)19(16,17)14-8-11-6-7-15-9-13(11)18-14/h2-9H,1H3. The molecule has 0 atom stereocenters. The lowest BCUT2D eigenvalue weighted by molar-refractivity contribution is 0.598. The first-order chi connectivity index (χ1) is 9.07. The zero-order valence-electron chi connectivity index (χ0n) is 10.2. The quantitative estimate of drug-likeness (QED) is 0.726. The molecule has 0 unspecified atom stereocenters. The Balaban J connectivity index is 2.16. The molecule has 19 heavy (non-hydrogen) atoms. The van der Waals surface area contributed by atoms with Crippen LogP contribution in [0.1, 0.15) is 5.56 Å². The number of rotatable bonds is 2. The molecule has 2 aromatic heterocycles. The van der Waals surface area contributed by atoms with Crippen LogP contribution >= 0.6 is 11.3 Å². The Hall–Kier alpha value is -1.72. The van der Waals surface area contributed by atoms with Crippen LogP contribution in [0.25, 0.3) is 10.1 Å². The van der Waals surface area contributed by atoms with E-state index >= 15 is 0 Å². The van der Waals surface area contributed by atoms with Gasteiger partial charge in [-0.15, -0.1) is 11.3 Å². The van der Waals surface area contributed by atoms with E-state index in [1.54, 1.807) is 30.6 Å². The van der Waals surface area contributed by atoms with Crippen LogP contribution in [-0.4, -0.2) is 13.4 Å². The minimum atomic E-state index is -3.43. The van der Waals surface area contributed by atoms with Gasteiger partial charge in [-0.25, -0.2) is 8.42 Å². The second kappa shape index (κ2) is 4.43. The molecule has 0 radical (unpaired) electrons. The predicted molar refractivity (Wildman–Crippen MR) is 76.3 cm³/mol. The number of aryl methyl sites for hydroxylation is 1. The van der Waals surface area contributed by atoms with Crippen molar-refractivity contribution in [2.24, 2.45) is 0 Å². The molecule has 0 saturated heterocycles. The maximum atomic E-state index is 12.5. The second-order valence-electron chi connectivity index (χ2n) is 4.30. The lowest BCUT2D eigenvalue weighted by Crippen LogP contribution is -1.99. The summed E-state index contributed by atoms with van der Waals surface area (Å²) in [5.41, 5.74) is 1.04. The third-order valence-electron chi connectivity index (χ3n) is 2.90. The van der Waals surface area contributed by atoms with Gasteiger partial charge in [0, 0.05) is 12.4 Å². The van der Waals surface area contributed by atoms with Gasteiger partial charge in [-0.1, -0.05) is 17.7 Å². The van der Waals surface area contributed by atoms with Crippen LogP contribution in [0.15, 0.2) is 57.9 Å². The highest BCUT2D eigenvalue weighted by atomic mass is 32.2. The van der Waals surface area contributed by atoms with E-state index in [4.69, 9.17) is 0 Å². The van der Waals surface area contributed by atoms with Crippen molar-refractivity contribution in [2.75, 3.05) is 0 Å². The van der Waals surface area contributed by atoms with Crippen LogP contribution in [0, 0.1) is 6.92 Å². The van der Waals surface area contributed by atoms with Gasteiger partial charge in [0.2, 0.25) is 9.84 Å². The monoisotopic (exact) mass is 289 g/mol. The molecular weight excluding hydrogens is 278 g/mol. The fourth-order valence-corrected chi connectivity index (χ4v) is 4.59. The van der Waals surface area contributed by atoms with Crippen LogP contribution in [-0.2, 0) is 9.84 Å². The molecule has 3 rings (SSSR count). The van der Waals surface area contributed by atoms with Gasteiger partial charge in [0.1, 0.15) is 4.21 Å². The Labute approximate surface area is 115 Å². The lowest BCUT2D eigenvalue weighted by atomic mass is 10.2. The van der Waals surface area contributed by atoms with Crippen molar-refractivity contribution in [3.05, 3.63) is 54.4 Å². The molecule has 5 heteroatoms. The third-order valence-corrected chi connectivity index (χ3v) is 6.23. The number of benzene rings is 1. The summed E-state index contributed by atoms with van der Waals surface area (Å²) >= 11 is 1.25. The minimum absolute atomic E-state index is 0.331. The molecule has 0 aliphatic heterocycles. The van der Waals surface area contributed by atoms with E-state index in [0.717, 1.165) is 15.6 Å². The molecule has 0 N–H and O–H groups in total. The summed E-state index contributed by atoms with van der Waals surface area (Å²) in [4.78, 5) is 4.34. The smallest absolute Gasteiger partial charge is 0.215 e. The number of aromatic nitrogens is 1. The highest BCUT2D eigenvalue weighted by molar-refractivity contribution is 7.93. The molecule has 96 valence electrons. The van der Waals surface area contributed by atoms with Gasteiger partial charge < -0.3 is 0 Å². The van der Waals surface area contributed by atoms with Gasteiger partial charge in [-0.3, -0.25) is 4.98 Å². The van der Waals surface area contributed by atoms with E-state index in [0.29, 0.717) is 9.10 Å². The summed E-state index contributed by atoms with van der Waals surface area (Å²) in [6, 6.07) is 10.4. The van der Waals surface area contributed by atoms with Gasteiger partial charge in [0.05, 0.1) is 9.60 Å². The molecule has 0 saturated carbocycles. The number of fused-ring (bicyclic) bond motifs is 1. The van der Waals surface area contributed by atoms with Crippen molar-refractivity contribution in [1.29, 1.82) is 0 Å². The largest absolute Gasteiger partial charge is 0.263 e. The SMILES string of the molecule is Cc1ccc(S(=O)(=O)c2cc3ccncc3s2)cc1. The third kappa shape index (κ3) is 2.15. The zero-order chi connectivity index (χ0) is 13.5. The van der Waals surface area contributed by atoms with Crippen molar-refractivity contribution < 1.29 is 8.42 Å². The molecule has 0 fully saturated rings. The summed E-state index contributed by atoms with van der Waals surface area (Å²) < 4.78 is 26.3. The van der Waals surface area contributed by atoms with E-state index in [1.165, 1.54) is 11.3 Å².